The second-order valence-corrected chi connectivity index (χ2v) is 5.46. The first kappa shape index (κ1) is 9.97. The molecule has 3 nitrogen and oxygen atoms in total. The molecule has 1 aromatic rings. The highest BCUT2D eigenvalue weighted by Gasteiger charge is 2.32. The predicted octanol–water partition coefficient (Wildman–Crippen LogP) is 1.94. The third-order valence-corrected chi connectivity index (χ3v) is 3.98. The molecule has 0 bridgehead atoms. The van der Waals surface area contributed by atoms with E-state index >= 15 is 0 Å². The van der Waals surface area contributed by atoms with Gasteiger partial charge in [0.15, 0.2) is 11.5 Å². The number of rotatable bonds is 0. The van der Waals surface area contributed by atoms with Gasteiger partial charge in [-0.3, -0.25) is 0 Å². The van der Waals surface area contributed by atoms with Gasteiger partial charge in [-0.1, -0.05) is 0 Å². The van der Waals surface area contributed by atoms with Crippen molar-refractivity contribution >= 4 is 0 Å². The summed E-state index contributed by atoms with van der Waals surface area (Å²) < 4.78 is 11.9. The van der Waals surface area contributed by atoms with Crippen molar-refractivity contribution in [1.29, 1.82) is 0 Å². The minimum atomic E-state index is 0.367. The molecular weight excluding hydrogens is 202 g/mol. The third kappa shape index (κ3) is 1.39. The summed E-state index contributed by atoms with van der Waals surface area (Å²) in [6, 6.07) is 4.98. The van der Waals surface area contributed by atoms with Crippen molar-refractivity contribution in [1.82, 2.24) is 0 Å². The van der Waals surface area contributed by atoms with Crippen LogP contribution in [0.25, 0.3) is 0 Å². The van der Waals surface area contributed by atoms with Gasteiger partial charge in [0.2, 0.25) is 6.79 Å². The van der Waals surface area contributed by atoms with Gasteiger partial charge in [0.05, 0.1) is 20.1 Å². The molecule has 0 saturated carbocycles. The van der Waals surface area contributed by atoms with Crippen LogP contribution in [0.5, 0.6) is 11.5 Å². The molecule has 2 heterocycles. The average molecular weight is 220 g/mol. The Kier molecular flexibility index (Phi) is 1.96. The van der Waals surface area contributed by atoms with E-state index in [9.17, 15) is 0 Å². The van der Waals surface area contributed by atoms with Gasteiger partial charge in [0, 0.05) is 12.0 Å². The quantitative estimate of drug-likeness (QED) is 0.622. The van der Waals surface area contributed by atoms with Crippen LogP contribution in [-0.2, 0) is 13.0 Å². The zero-order valence-corrected chi connectivity index (χ0v) is 10.1. The van der Waals surface area contributed by atoms with Gasteiger partial charge < -0.3 is 14.0 Å². The monoisotopic (exact) mass is 220 g/mol. The molecule has 0 unspecified atom stereocenters. The zero-order valence-electron chi connectivity index (χ0n) is 10.1. The molecule has 0 aromatic heterocycles. The molecule has 1 atom stereocenters. The van der Waals surface area contributed by atoms with Crippen LogP contribution in [0.15, 0.2) is 12.1 Å². The fourth-order valence-electron chi connectivity index (χ4n) is 2.52. The van der Waals surface area contributed by atoms with Gasteiger partial charge in [0.25, 0.3) is 0 Å². The SMILES string of the molecule is C[C@H]1Cc2cc3c(cc2C[N+]1(C)C)OCO3. The first-order chi connectivity index (χ1) is 7.56. The molecule has 0 saturated heterocycles. The molecule has 0 radical (unpaired) electrons. The summed E-state index contributed by atoms with van der Waals surface area (Å²) in [6.07, 6.45) is 1.12. The minimum Gasteiger partial charge on any atom is -0.454 e. The van der Waals surface area contributed by atoms with Gasteiger partial charge >= 0.3 is 0 Å². The second kappa shape index (κ2) is 3.14. The summed E-state index contributed by atoms with van der Waals surface area (Å²) in [7, 11) is 4.58. The van der Waals surface area contributed by atoms with Gasteiger partial charge in [-0.25, -0.2) is 0 Å². The second-order valence-electron chi connectivity index (χ2n) is 5.46. The van der Waals surface area contributed by atoms with Crippen LogP contribution >= 0.6 is 0 Å². The maximum atomic E-state index is 5.43. The van der Waals surface area contributed by atoms with Crippen LogP contribution in [0.1, 0.15) is 18.1 Å². The summed E-state index contributed by atoms with van der Waals surface area (Å²) in [5, 5.41) is 0. The Morgan fingerprint density at radius 3 is 2.44 bits per heavy atom. The highest BCUT2D eigenvalue weighted by atomic mass is 16.7. The molecule has 0 aliphatic carbocycles. The smallest absolute Gasteiger partial charge is 0.231 e. The number of hydrogen-bond donors (Lipinski definition) is 0. The zero-order chi connectivity index (χ0) is 11.3. The summed E-state index contributed by atoms with van der Waals surface area (Å²) in [5.74, 6) is 1.83. The minimum absolute atomic E-state index is 0.367. The van der Waals surface area contributed by atoms with E-state index in [-0.39, 0.29) is 0 Å². The van der Waals surface area contributed by atoms with Crippen molar-refractivity contribution in [3.8, 4) is 11.5 Å². The number of hydrogen-bond acceptors (Lipinski definition) is 2. The molecule has 2 aliphatic heterocycles. The Morgan fingerprint density at radius 2 is 1.75 bits per heavy atom. The molecule has 3 rings (SSSR count). The Hall–Kier alpha value is -1.22. The van der Waals surface area contributed by atoms with E-state index in [0.29, 0.717) is 12.8 Å². The number of benzene rings is 1. The first-order valence-corrected chi connectivity index (χ1v) is 5.80. The number of nitrogens with zero attached hydrogens (tertiary/aromatic N) is 1. The lowest BCUT2D eigenvalue weighted by molar-refractivity contribution is -0.928. The van der Waals surface area contributed by atoms with Gasteiger partial charge in [-0.05, 0) is 24.6 Å². The molecule has 0 fully saturated rings. The van der Waals surface area contributed by atoms with Crippen LogP contribution in [0, 0.1) is 0 Å². The van der Waals surface area contributed by atoms with Crippen LogP contribution in [0.4, 0.5) is 0 Å². The number of likely N-dealkylation sites (N-methyl/N-ethyl adjacent to an activating group) is 1. The van der Waals surface area contributed by atoms with E-state index in [2.05, 4.69) is 33.2 Å². The standard InChI is InChI=1S/C13H18NO2/c1-9-4-10-5-12-13(16-8-15-12)6-11(10)7-14(9,2)3/h5-6,9H,4,7-8H2,1-3H3/q+1/t9-/m0/s1. The van der Waals surface area contributed by atoms with Crippen molar-refractivity contribution in [2.45, 2.75) is 25.9 Å². The van der Waals surface area contributed by atoms with Crippen molar-refractivity contribution in [2.75, 3.05) is 20.9 Å². The Morgan fingerprint density at radius 1 is 1.12 bits per heavy atom. The molecule has 0 amide bonds. The summed E-state index contributed by atoms with van der Waals surface area (Å²) in [4.78, 5) is 0. The van der Waals surface area contributed by atoms with Gasteiger partial charge in [-0.15, -0.1) is 0 Å². The van der Waals surface area contributed by atoms with Gasteiger partial charge in [0.1, 0.15) is 6.54 Å². The normalized spacial score (nSPS) is 25.3. The van der Waals surface area contributed by atoms with E-state index in [1.165, 1.54) is 11.1 Å². The average Bonchev–Trinajstić information content (AvgIpc) is 2.63. The maximum absolute atomic E-state index is 5.43. The summed E-state index contributed by atoms with van der Waals surface area (Å²) >= 11 is 0. The lowest BCUT2D eigenvalue weighted by atomic mass is 9.93. The molecule has 86 valence electrons. The van der Waals surface area contributed by atoms with E-state index < -0.39 is 0 Å². The predicted molar refractivity (Wildman–Crippen MR) is 61.5 cm³/mol. The van der Waals surface area contributed by atoms with E-state index in [1.807, 2.05) is 0 Å². The largest absolute Gasteiger partial charge is 0.454 e. The summed E-state index contributed by atoms with van der Waals surface area (Å²) in [6.45, 7) is 3.76. The fraction of sp³-hybridized carbons (Fsp3) is 0.538. The molecule has 0 spiro atoms. The van der Waals surface area contributed by atoms with Crippen molar-refractivity contribution in [2.24, 2.45) is 0 Å². The fourth-order valence-corrected chi connectivity index (χ4v) is 2.52. The van der Waals surface area contributed by atoms with Crippen LogP contribution in [0.2, 0.25) is 0 Å². The first-order valence-electron chi connectivity index (χ1n) is 5.80. The van der Waals surface area contributed by atoms with Crippen molar-refractivity contribution in [3.63, 3.8) is 0 Å². The van der Waals surface area contributed by atoms with E-state index in [1.54, 1.807) is 0 Å². The molecule has 2 aliphatic rings. The molecule has 16 heavy (non-hydrogen) atoms. The highest BCUT2D eigenvalue weighted by molar-refractivity contribution is 5.49. The summed E-state index contributed by atoms with van der Waals surface area (Å²) in [5.41, 5.74) is 2.83. The Bertz CT molecular complexity index is 440. The Labute approximate surface area is 96.2 Å². The maximum Gasteiger partial charge on any atom is 0.231 e. The van der Waals surface area contributed by atoms with Gasteiger partial charge in [-0.2, -0.15) is 0 Å². The third-order valence-electron chi connectivity index (χ3n) is 3.98. The lowest BCUT2D eigenvalue weighted by Crippen LogP contribution is -2.50. The van der Waals surface area contributed by atoms with E-state index in [4.69, 9.17) is 9.47 Å². The number of fused-ring (bicyclic) bond motifs is 2. The molecule has 3 heteroatoms. The molecule has 1 aromatic carbocycles. The van der Waals surface area contributed by atoms with E-state index in [0.717, 1.165) is 28.9 Å². The van der Waals surface area contributed by atoms with Crippen LogP contribution in [-0.4, -0.2) is 31.4 Å². The lowest BCUT2D eigenvalue weighted by Gasteiger charge is -2.40. The topological polar surface area (TPSA) is 18.5 Å². The number of quaternary nitrogens is 1. The van der Waals surface area contributed by atoms with Crippen LogP contribution in [0.3, 0.4) is 0 Å². The molecular formula is C13H18NO2+. The van der Waals surface area contributed by atoms with Crippen LogP contribution < -0.4 is 9.47 Å². The Balaban J connectivity index is 2.05. The van der Waals surface area contributed by atoms with Crippen molar-refractivity contribution < 1.29 is 14.0 Å². The van der Waals surface area contributed by atoms with Crippen molar-refractivity contribution in [3.05, 3.63) is 23.3 Å². The highest BCUT2D eigenvalue weighted by Crippen LogP contribution is 2.38. The molecule has 0 N–H and O–H groups in total. The number of ether oxygens (including phenoxy) is 2.